The molecule has 8 heteroatoms. The summed E-state index contributed by atoms with van der Waals surface area (Å²) < 4.78 is 10.8. The van der Waals surface area contributed by atoms with Crippen LogP contribution in [0.3, 0.4) is 0 Å². The fourth-order valence-corrected chi connectivity index (χ4v) is 2.78. The third-order valence-electron chi connectivity index (χ3n) is 4.05. The summed E-state index contributed by atoms with van der Waals surface area (Å²) in [6, 6.07) is 10.1. The molecule has 2 heterocycles. The second-order valence-electron chi connectivity index (χ2n) is 6.18. The number of aryl methyl sites for hydroxylation is 1. The molecule has 1 aromatic carbocycles. The SMILES string of the molecule is CC(NC(=O)CCc1ncc(-c2ccccc2Cl)o1)C(=O)NCc1ccco1. The van der Waals surface area contributed by atoms with Gasteiger partial charge < -0.3 is 19.5 Å². The first-order valence-electron chi connectivity index (χ1n) is 8.82. The largest absolute Gasteiger partial charge is 0.467 e. The zero-order chi connectivity index (χ0) is 19.9. The van der Waals surface area contributed by atoms with Gasteiger partial charge in [-0.15, -0.1) is 0 Å². The van der Waals surface area contributed by atoms with Gasteiger partial charge in [-0.05, 0) is 31.2 Å². The molecule has 28 heavy (non-hydrogen) atoms. The number of oxazole rings is 1. The highest BCUT2D eigenvalue weighted by atomic mass is 35.5. The number of amides is 2. The molecule has 0 saturated heterocycles. The Labute approximate surface area is 167 Å². The molecule has 1 unspecified atom stereocenters. The monoisotopic (exact) mass is 401 g/mol. The van der Waals surface area contributed by atoms with E-state index < -0.39 is 6.04 Å². The zero-order valence-corrected chi connectivity index (χ0v) is 16.0. The highest BCUT2D eigenvalue weighted by molar-refractivity contribution is 6.33. The van der Waals surface area contributed by atoms with E-state index in [1.165, 1.54) is 6.26 Å². The van der Waals surface area contributed by atoms with Crippen LogP contribution in [0.15, 0.2) is 57.7 Å². The summed E-state index contributed by atoms with van der Waals surface area (Å²) in [5.74, 6) is 1.07. The summed E-state index contributed by atoms with van der Waals surface area (Å²) in [5.41, 5.74) is 0.745. The molecule has 3 aromatic rings. The quantitative estimate of drug-likeness (QED) is 0.603. The topological polar surface area (TPSA) is 97.4 Å². The Morgan fingerprint density at radius 1 is 1.21 bits per heavy atom. The molecule has 3 rings (SSSR count). The lowest BCUT2D eigenvalue weighted by molar-refractivity contribution is -0.128. The van der Waals surface area contributed by atoms with Gasteiger partial charge in [0.25, 0.3) is 0 Å². The second kappa shape index (κ2) is 9.23. The van der Waals surface area contributed by atoms with Crippen LogP contribution in [0.5, 0.6) is 0 Å². The molecule has 7 nitrogen and oxygen atoms in total. The smallest absolute Gasteiger partial charge is 0.242 e. The summed E-state index contributed by atoms with van der Waals surface area (Å²) in [4.78, 5) is 28.3. The number of halogens is 1. The minimum Gasteiger partial charge on any atom is -0.467 e. The molecule has 146 valence electrons. The maximum atomic E-state index is 12.1. The highest BCUT2D eigenvalue weighted by Gasteiger charge is 2.16. The van der Waals surface area contributed by atoms with E-state index in [9.17, 15) is 9.59 Å². The van der Waals surface area contributed by atoms with Crippen LogP contribution in [-0.2, 0) is 22.6 Å². The van der Waals surface area contributed by atoms with Crippen molar-refractivity contribution in [2.45, 2.75) is 32.4 Å². The van der Waals surface area contributed by atoms with Crippen LogP contribution in [0.4, 0.5) is 0 Å². The third-order valence-corrected chi connectivity index (χ3v) is 4.38. The molecule has 0 saturated carbocycles. The molecule has 1 atom stereocenters. The molecule has 0 bridgehead atoms. The van der Waals surface area contributed by atoms with Gasteiger partial charge in [-0.3, -0.25) is 9.59 Å². The maximum absolute atomic E-state index is 12.1. The number of rotatable bonds is 8. The Morgan fingerprint density at radius 3 is 2.79 bits per heavy atom. The van der Waals surface area contributed by atoms with Gasteiger partial charge in [0.1, 0.15) is 11.8 Å². The Balaban J connectivity index is 1.45. The number of furan rings is 1. The summed E-state index contributed by atoms with van der Waals surface area (Å²) >= 11 is 6.15. The van der Waals surface area contributed by atoms with Crippen LogP contribution in [0.25, 0.3) is 11.3 Å². The molecular formula is C20H20ClN3O4. The minimum atomic E-state index is -0.661. The predicted octanol–water partition coefficient (Wildman–Crippen LogP) is 3.34. The molecule has 2 amide bonds. The number of nitrogens with zero attached hydrogens (tertiary/aromatic N) is 1. The molecule has 0 spiro atoms. The summed E-state index contributed by atoms with van der Waals surface area (Å²) in [5, 5.41) is 5.92. The fourth-order valence-electron chi connectivity index (χ4n) is 2.55. The number of hydrogen-bond donors (Lipinski definition) is 2. The minimum absolute atomic E-state index is 0.151. The zero-order valence-electron chi connectivity index (χ0n) is 15.3. The first kappa shape index (κ1) is 19.7. The number of aromatic nitrogens is 1. The average Bonchev–Trinajstić information content (AvgIpc) is 3.36. The Morgan fingerprint density at radius 2 is 2.04 bits per heavy atom. The lowest BCUT2D eigenvalue weighted by atomic mass is 10.2. The first-order valence-corrected chi connectivity index (χ1v) is 9.20. The average molecular weight is 402 g/mol. The van der Waals surface area contributed by atoms with Gasteiger partial charge in [-0.25, -0.2) is 4.98 Å². The van der Waals surface area contributed by atoms with Crippen LogP contribution in [0.1, 0.15) is 25.0 Å². The molecule has 2 N–H and O–H groups in total. The third kappa shape index (κ3) is 5.23. The fraction of sp³-hybridized carbons (Fsp3) is 0.250. The van der Waals surface area contributed by atoms with Gasteiger partial charge in [0.15, 0.2) is 11.7 Å². The standard InChI is InChI=1S/C20H20ClN3O4/c1-13(20(26)23-11-14-5-4-10-27-14)24-18(25)8-9-19-22-12-17(28-19)15-6-2-3-7-16(15)21/h2-7,10,12-13H,8-9,11H2,1H3,(H,23,26)(H,24,25). The molecule has 0 aliphatic heterocycles. The Hall–Kier alpha value is -3.06. The van der Waals surface area contributed by atoms with Gasteiger partial charge >= 0.3 is 0 Å². The van der Waals surface area contributed by atoms with E-state index >= 15 is 0 Å². The van der Waals surface area contributed by atoms with Crippen molar-refractivity contribution in [2.75, 3.05) is 0 Å². The maximum Gasteiger partial charge on any atom is 0.242 e. The number of carbonyl (C=O) groups excluding carboxylic acids is 2. The molecular weight excluding hydrogens is 382 g/mol. The Bertz CT molecular complexity index is 937. The van der Waals surface area contributed by atoms with Crippen molar-refractivity contribution in [3.63, 3.8) is 0 Å². The van der Waals surface area contributed by atoms with E-state index in [2.05, 4.69) is 15.6 Å². The number of carbonyl (C=O) groups is 2. The molecule has 0 fully saturated rings. The normalized spacial score (nSPS) is 11.8. The van der Waals surface area contributed by atoms with Crippen molar-refractivity contribution >= 4 is 23.4 Å². The lowest BCUT2D eigenvalue weighted by Gasteiger charge is -2.13. The van der Waals surface area contributed by atoms with Crippen molar-refractivity contribution in [3.8, 4) is 11.3 Å². The van der Waals surface area contributed by atoms with Crippen LogP contribution in [0, 0.1) is 0 Å². The van der Waals surface area contributed by atoms with Crippen LogP contribution >= 0.6 is 11.6 Å². The molecule has 0 radical (unpaired) electrons. The number of nitrogens with one attached hydrogen (secondary N) is 2. The molecule has 0 aliphatic carbocycles. The summed E-state index contributed by atoms with van der Waals surface area (Å²) in [7, 11) is 0. The van der Waals surface area contributed by atoms with Crippen molar-refractivity contribution in [1.29, 1.82) is 0 Å². The van der Waals surface area contributed by atoms with Crippen LogP contribution in [0.2, 0.25) is 5.02 Å². The molecule has 2 aromatic heterocycles. The molecule has 0 aliphatic rings. The summed E-state index contributed by atoms with van der Waals surface area (Å²) in [6.07, 6.45) is 3.58. The van der Waals surface area contributed by atoms with Gasteiger partial charge in [-0.2, -0.15) is 0 Å². The predicted molar refractivity (Wildman–Crippen MR) is 103 cm³/mol. The van der Waals surface area contributed by atoms with Crippen molar-refractivity contribution in [2.24, 2.45) is 0 Å². The highest BCUT2D eigenvalue weighted by Crippen LogP contribution is 2.28. The number of benzene rings is 1. The lowest BCUT2D eigenvalue weighted by Crippen LogP contribution is -2.44. The van der Waals surface area contributed by atoms with Gasteiger partial charge in [0.05, 0.1) is 24.0 Å². The van der Waals surface area contributed by atoms with E-state index in [-0.39, 0.29) is 24.8 Å². The van der Waals surface area contributed by atoms with Crippen molar-refractivity contribution < 1.29 is 18.4 Å². The van der Waals surface area contributed by atoms with Crippen LogP contribution in [-0.4, -0.2) is 22.8 Å². The summed E-state index contributed by atoms with van der Waals surface area (Å²) in [6.45, 7) is 1.89. The van der Waals surface area contributed by atoms with E-state index in [4.69, 9.17) is 20.4 Å². The second-order valence-corrected chi connectivity index (χ2v) is 6.59. The first-order chi connectivity index (χ1) is 13.5. The van der Waals surface area contributed by atoms with Crippen LogP contribution < -0.4 is 10.6 Å². The van der Waals surface area contributed by atoms with E-state index in [0.717, 1.165) is 5.56 Å². The van der Waals surface area contributed by atoms with Crippen molar-refractivity contribution in [1.82, 2.24) is 15.6 Å². The van der Waals surface area contributed by atoms with Gasteiger partial charge in [0.2, 0.25) is 11.8 Å². The van der Waals surface area contributed by atoms with Crippen molar-refractivity contribution in [3.05, 3.63) is 65.5 Å². The Kier molecular flexibility index (Phi) is 6.49. The van der Waals surface area contributed by atoms with E-state index in [1.807, 2.05) is 18.2 Å². The van der Waals surface area contributed by atoms with E-state index in [1.54, 1.807) is 31.3 Å². The van der Waals surface area contributed by atoms with Gasteiger partial charge in [0, 0.05) is 18.4 Å². The van der Waals surface area contributed by atoms with E-state index in [0.29, 0.717) is 28.9 Å². The van der Waals surface area contributed by atoms with Gasteiger partial charge in [-0.1, -0.05) is 23.7 Å². The number of hydrogen-bond acceptors (Lipinski definition) is 5.